The van der Waals surface area contributed by atoms with Crippen LogP contribution in [0.4, 0.5) is 8.78 Å². The van der Waals surface area contributed by atoms with Crippen molar-refractivity contribution in [3.63, 3.8) is 0 Å². The highest BCUT2D eigenvalue weighted by Gasteiger charge is 2.28. The summed E-state index contributed by atoms with van der Waals surface area (Å²) < 4.78 is 34.0. The number of pyridine rings is 1. The minimum atomic E-state index is -0.918. The molecule has 186 valence electrons. The van der Waals surface area contributed by atoms with Crippen LogP contribution in [0.2, 0.25) is 0 Å². The zero-order valence-corrected chi connectivity index (χ0v) is 19.8. The second-order valence-electron chi connectivity index (χ2n) is 9.58. The van der Waals surface area contributed by atoms with Crippen LogP contribution < -0.4 is 0 Å². The third-order valence-corrected chi connectivity index (χ3v) is 7.41. The van der Waals surface area contributed by atoms with Gasteiger partial charge in [-0.15, -0.1) is 0 Å². The Hall–Kier alpha value is -3.59. The SMILES string of the molecule is O=C(c1ccn(-c2ccc(F)c(F)c2)c1)N1CCC(c2ccnc3nc(C4CCOCC4)[nH]c23)CC1. The number of carbonyl (C=O) groups is 1. The van der Waals surface area contributed by atoms with Crippen LogP contribution in [0.5, 0.6) is 0 Å². The summed E-state index contributed by atoms with van der Waals surface area (Å²) in [6, 6.07) is 7.46. The fourth-order valence-electron chi connectivity index (χ4n) is 5.36. The number of nitrogens with one attached hydrogen (secondary N) is 1. The number of likely N-dealkylation sites (tertiary alicyclic amines) is 1. The lowest BCUT2D eigenvalue weighted by Gasteiger charge is -2.32. The number of carbonyl (C=O) groups excluding carboxylic acids is 1. The molecule has 0 bridgehead atoms. The summed E-state index contributed by atoms with van der Waals surface area (Å²) >= 11 is 0. The fourth-order valence-corrected chi connectivity index (χ4v) is 5.36. The van der Waals surface area contributed by atoms with Crippen molar-refractivity contribution in [2.24, 2.45) is 0 Å². The first-order chi connectivity index (χ1) is 17.6. The average Bonchev–Trinajstić information content (AvgIpc) is 3.58. The van der Waals surface area contributed by atoms with E-state index in [2.05, 4.69) is 16.0 Å². The molecule has 0 spiro atoms. The molecule has 1 aromatic carbocycles. The highest BCUT2D eigenvalue weighted by molar-refractivity contribution is 5.94. The molecule has 3 aromatic heterocycles. The molecule has 4 aromatic rings. The van der Waals surface area contributed by atoms with Crippen molar-refractivity contribution in [1.82, 2.24) is 24.4 Å². The summed E-state index contributed by atoms with van der Waals surface area (Å²) in [6.45, 7) is 2.81. The van der Waals surface area contributed by atoms with Crippen molar-refractivity contribution in [3.05, 3.63) is 77.5 Å². The Morgan fingerprint density at radius 3 is 2.58 bits per heavy atom. The molecule has 1 N–H and O–H groups in total. The molecule has 0 saturated carbocycles. The quantitative estimate of drug-likeness (QED) is 0.439. The average molecular weight is 492 g/mol. The van der Waals surface area contributed by atoms with Gasteiger partial charge in [0.05, 0.1) is 11.1 Å². The molecule has 2 aliphatic rings. The molecule has 1 amide bonds. The van der Waals surface area contributed by atoms with E-state index < -0.39 is 11.6 Å². The molecule has 6 rings (SSSR count). The number of halogens is 2. The summed E-state index contributed by atoms with van der Waals surface area (Å²) in [6.07, 6.45) is 8.80. The van der Waals surface area contributed by atoms with Crippen molar-refractivity contribution in [1.29, 1.82) is 0 Å². The Labute approximate surface area is 207 Å². The summed E-state index contributed by atoms with van der Waals surface area (Å²) in [5, 5.41) is 0. The molecule has 9 heteroatoms. The van der Waals surface area contributed by atoms with E-state index in [4.69, 9.17) is 9.72 Å². The highest BCUT2D eigenvalue weighted by Crippen LogP contribution is 2.34. The smallest absolute Gasteiger partial charge is 0.255 e. The fraction of sp³-hybridized carbons (Fsp3) is 0.370. The molecule has 2 saturated heterocycles. The Balaban J connectivity index is 1.14. The normalized spacial score (nSPS) is 17.7. The molecule has 5 heterocycles. The predicted octanol–water partition coefficient (Wildman–Crippen LogP) is 4.94. The van der Waals surface area contributed by atoms with Gasteiger partial charge >= 0.3 is 0 Å². The molecular formula is C27H27F2N5O2. The van der Waals surface area contributed by atoms with Gasteiger partial charge in [0, 0.05) is 62.6 Å². The Kier molecular flexibility index (Phi) is 6.00. The number of benzene rings is 1. The number of imidazole rings is 1. The largest absolute Gasteiger partial charge is 0.381 e. The molecule has 7 nitrogen and oxygen atoms in total. The number of hydrogen-bond acceptors (Lipinski definition) is 4. The first-order valence-corrected chi connectivity index (χ1v) is 12.4. The van der Waals surface area contributed by atoms with Gasteiger partial charge in [0.2, 0.25) is 0 Å². The Bertz CT molecular complexity index is 1400. The lowest BCUT2D eigenvalue weighted by Crippen LogP contribution is -2.37. The van der Waals surface area contributed by atoms with Crippen LogP contribution in [0, 0.1) is 11.6 Å². The van der Waals surface area contributed by atoms with Crippen LogP contribution in [0.15, 0.2) is 48.9 Å². The van der Waals surface area contributed by atoms with Gasteiger partial charge in [-0.1, -0.05) is 0 Å². The molecule has 36 heavy (non-hydrogen) atoms. The number of nitrogens with zero attached hydrogens (tertiary/aromatic N) is 4. The summed E-state index contributed by atoms with van der Waals surface area (Å²) in [5.41, 5.74) is 3.97. The number of aromatic nitrogens is 4. The molecule has 0 aliphatic carbocycles. The van der Waals surface area contributed by atoms with Gasteiger partial charge in [-0.05, 0) is 61.4 Å². The van der Waals surface area contributed by atoms with Crippen LogP contribution in [0.1, 0.15) is 59.3 Å². The molecule has 0 radical (unpaired) electrons. The summed E-state index contributed by atoms with van der Waals surface area (Å²) in [5.74, 6) is -0.192. The number of rotatable bonds is 4. The van der Waals surface area contributed by atoms with E-state index in [9.17, 15) is 13.6 Å². The second kappa shape index (κ2) is 9.46. The monoisotopic (exact) mass is 491 g/mol. The van der Waals surface area contributed by atoms with Crippen LogP contribution in [-0.2, 0) is 4.74 Å². The number of aromatic amines is 1. The third-order valence-electron chi connectivity index (χ3n) is 7.41. The van der Waals surface area contributed by atoms with E-state index in [0.717, 1.165) is 68.0 Å². The predicted molar refractivity (Wildman–Crippen MR) is 130 cm³/mol. The van der Waals surface area contributed by atoms with Gasteiger partial charge in [-0.3, -0.25) is 4.79 Å². The molecule has 2 fully saturated rings. The Morgan fingerprint density at radius 1 is 1.00 bits per heavy atom. The lowest BCUT2D eigenvalue weighted by atomic mass is 9.89. The molecule has 0 atom stereocenters. The van der Waals surface area contributed by atoms with E-state index >= 15 is 0 Å². The summed E-state index contributed by atoms with van der Waals surface area (Å²) in [4.78, 5) is 27.8. The standard InChI is InChI=1S/C27H27F2N5O2/c28-22-2-1-20(15-23(22)29)34-12-6-19(16-34)27(35)33-10-4-17(5-11-33)21-3-9-30-26-24(21)31-25(32-26)18-7-13-36-14-8-18/h1-3,6,9,12,15-18H,4-5,7-8,10-11,13-14H2,(H,30,31,32). The summed E-state index contributed by atoms with van der Waals surface area (Å²) in [7, 11) is 0. The van der Waals surface area contributed by atoms with E-state index in [1.54, 1.807) is 23.0 Å². The molecule has 0 unspecified atom stereocenters. The van der Waals surface area contributed by atoms with Gasteiger partial charge in [0.15, 0.2) is 17.3 Å². The van der Waals surface area contributed by atoms with Crippen LogP contribution >= 0.6 is 0 Å². The van der Waals surface area contributed by atoms with E-state index in [1.807, 2.05) is 11.1 Å². The minimum absolute atomic E-state index is 0.0574. The Morgan fingerprint density at radius 2 is 1.81 bits per heavy atom. The zero-order valence-electron chi connectivity index (χ0n) is 19.8. The number of amides is 1. The minimum Gasteiger partial charge on any atom is -0.381 e. The van der Waals surface area contributed by atoms with Crippen molar-refractivity contribution >= 4 is 17.1 Å². The van der Waals surface area contributed by atoms with Gasteiger partial charge < -0.3 is 19.2 Å². The highest BCUT2D eigenvalue weighted by atomic mass is 19.2. The van der Waals surface area contributed by atoms with E-state index in [1.165, 1.54) is 11.6 Å². The topological polar surface area (TPSA) is 76.0 Å². The molecule has 2 aliphatic heterocycles. The van der Waals surface area contributed by atoms with Crippen molar-refractivity contribution in [2.75, 3.05) is 26.3 Å². The van der Waals surface area contributed by atoms with Gasteiger partial charge in [0.1, 0.15) is 5.82 Å². The lowest BCUT2D eigenvalue weighted by molar-refractivity contribution is 0.0713. The number of hydrogen-bond donors (Lipinski definition) is 1. The van der Waals surface area contributed by atoms with Crippen LogP contribution in [0.25, 0.3) is 16.9 Å². The van der Waals surface area contributed by atoms with Gasteiger partial charge in [-0.2, -0.15) is 0 Å². The number of piperidine rings is 1. The van der Waals surface area contributed by atoms with Crippen LogP contribution in [-0.4, -0.2) is 56.6 Å². The zero-order chi connectivity index (χ0) is 24.6. The maximum absolute atomic E-state index is 13.6. The van der Waals surface area contributed by atoms with Crippen molar-refractivity contribution in [3.8, 4) is 5.69 Å². The number of ether oxygens (including phenoxy) is 1. The number of H-pyrrole nitrogens is 1. The maximum atomic E-state index is 13.6. The van der Waals surface area contributed by atoms with Crippen molar-refractivity contribution < 1.29 is 18.3 Å². The van der Waals surface area contributed by atoms with Gasteiger partial charge in [-0.25, -0.2) is 18.7 Å². The maximum Gasteiger partial charge on any atom is 0.255 e. The third kappa shape index (κ3) is 4.28. The number of fused-ring (bicyclic) bond motifs is 1. The van der Waals surface area contributed by atoms with Crippen molar-refractivity contribution in [2.45, 2.75) is 37.5 Å². The van der Waals surface area contributed by atoms with Gasteiger partial charge in [0.25, 0.3) is 5.91 Å². The second-order valence-corrected chi connectivity index (χ2v) is 9.58. The first kappa shape index (κ1) is 22.8. The van der Waals surface area contributed by atoms with E-state index in [0.29, 0.717) is 36.2 Å². The molecular weight excluding hydrogens is 464 g/mol. The van der Waals surface area contributed by atoms with Crippen LogP contribution in [0.3, 0.4) is 0 Å². The first-order valence-electron chi connectivity index (χ1n) is 12.4. The van der Waals surface area contributed by atoms with E-state index in [-0.39, 0.29) is 5.91 Å².